The number of carbonyl (C=O) groups excluding carboxylic acids is 3. The second-order valence-corrected chi connectivity index (χ2v) is 7.96. The molecule has 1 fully saturated rings. The first kappa shape index (κ1) is 25.1. The summed E-state index contributed by atoms with van der Waals surface area (Å²) in [6, 6.07) is 24.0. The van der Waals surface area contributed by atoms with Gasteiger partial charge in [-0.2, -0.15) is 0 Å². The van der Waals surface area contributed by atoms with E-state index in [1.807, 2.05) is 0 Å². The zero-order valence-electron chi connectivity index (χ0n) is 19.0. The summed E-state index contributed by atoms with van der Waals surface area (Å²) >= 11 is 0. The number of ether oxygens (including phenoxy) is 4. The third-order valence-corrected chi connectivity index (χ3v) is 5.54. The molecule has 0 radical (unpaired) electrons. The Bertz CT molecular complexity index is 1170. The first-order valence-electron chi connectivity index (χ1n) is 11.2. The van der Waals surface area contributed by atoms with Gasteiger partial charge in [0.05, 0.1) is 23.3 Å². The summed E-state index contributed by atoms with van der Waals surface area (Å²) in [4.78, 5) is 38.5. The van der Waals surface area contributed by atoms with E-state index >= 15 is 0 Å². The zero-order valence-corrected chi connectivity index (χ0v) is 19.0. The number of rotatable bonds is 7. The van der Waals surface area contributed by atoms with Gasteiger partial charge in [-0.05, 0) is 36.4 Å². The normalized spacial score (nSPS) is 23.3. The van der Waals surface area contributed by atoms with E-state index in [1.165, 1.54) is 36.4 Å². The van der Waals surface area contributed by atoms with Gasteiger partial charge in [0.15, 0.2) is 6.10 Å². The Morgan fingerprint density at radius 2 is 1.03 bits per heavy atom. The van der Waals surface area contributed by atoms with Gasteiger partial charge in [0, 0.05) is 0 Å². The average Bonchev–Trinajstić information content (AvgIpc) is 2.93. The lowest BCUT2D eigenvalue weighted by molar-refractivity contribution is -0.283. The molecule has 4 rings (SSSR count). The number of aliphatic hydroxyl groups is 2. The number of benzene rings is 3. The van der Waals surface area contributed by atoms with Crippen LogP contribution in [0.25, 0.3) is 0 Å². The Hall–Kier alpha value is -4.05. The van der Waals surface area contributed by atoms with Crippen molar-refractivity contribution in [2.24, 2.45) is 0 Å². The number of hydrogen-bond acceptors (Lipinski definition) is 9. The highest BCUT2D eigenvalue weighted by Gasteiger charge is 2.51. The molecule has 1 heterocycles. The maximum absolute atomic E-state index is 12.9. The van der Waals surface area contributed by atoms with Gasteiger partial charge in [-0.3, -0.25) is 0 Å². The maximum Gasteiger partial charge on any atom is 0.340 e. The molecular weight excluding hydrogens is 468 g/mol. The topological polar surface area (TPSA) is 129 Å². The SMILES string of the molecule is O=C(OC1O[C@H](CO)[C@@H](O)[C@H](OC(=O)c2ccccc2)[C@H]1OC(=O)c1ccccc1)c1ccccc1. The lowest BCUT2D eigenvalue weighted by Gasteiger charge is -2.42. The van der Waals surface area contributed by atoms with Gasteiger partial charge in [0.2, 0.25) is 12.4 Å². The molecule has 1 unspecified atom stereocenters. The van der Waals surface area contributed by atoms with Crippen LogP contribution in [0.3, 0.4) is 0 Å². The molecule has 36 heavy (non-hydrogen) atoms. The predicted molar refractivity (Wildman–Crippen MR) is 125 cm³/mol. The monoisotopic (exact) mass is 492 g/mol. The number of aliphatic hydroxyl groups excluding tert-OH is 2. The first-order valence-corrected chi connectivity index (χ1v) is 11.2. The van der Waals surface area contributed by atoms with Crippen molar-refractivity contribution >= 4 is 17.9 Å². The van der Waals surface area contributed by atoms with Gasteiger partial charge < -0.3 is 29.2 Å². The maximum atomic E-state index is 12.9. The van der Waals surface area contributed by atoms with Crippen molar-refractivity contribution in [3.05, 3.63) is 108 Å². The van der Waals surface area contributed by atoms with E-state index in [2.05, 4.69) is 0 Å². The highest BCUT2D eigenvalue weighted by Crippen LogP contribution is 2.29. The quantitative estimate of drug-likeness (QED) is 0.377. The molecule has 186 valence electrons. The van der Waals surface area contributed by atoms with Gasteiger partial charge in [0.25, 0.3) is 0 Å². The molecule has 0 amide bonds. The molecule has 9 nitrogen and oxygen atoms in total. The van der Waals surface area contributed by atoms with Crippen molar-refractivity contribution in [1.82, 2.24) is 0 Å². The van der Waals surface area contributed by atoms with Crippen LogP contribution in [0.4, 0.5) is 0 Å². The minimum absolute atomic E-state index is 0.178. The Morgan fingerprint density at radius 1 is 0.639 bits per heavy atom. The zero-order chi connectivity index (χ0) is 25.5. The number of esters is 3. The fraction of sp³-hybridized carbons (Fsp3) is 0.222. The highest BCUT2D eigenvalue weighted by molar-refractivity contribution is 5.91. The highest BCUT2D eigenvalue weighted by atomic mass is 16.7. The predicted octanol–water partition coefficient (Wildman–Crippen LogP) is 2.37. The Kier molecular flexibility index (Phi) is 8.06. The average molecular weight is 492 g/mol. The van der Waals surface area contributed by atoms with E-state index in [9.17, 15) is 24.6 Å². The second kappa shape index (κ2) is 11.6. The molecule has 9 heteroatoms. The molecule has 0 saturated carbocycles. The molecule has 1 aliphatic heterocycles. The van der Waals surface area contributed by atoms with Crippen LogP contribution in [-0.4, -0.2) is 65.4 Å². The van der Waals surface area contributed by atoms with E-state index < -0.39 is 55.2 Å². The van der Waals surface area contributed by atoms with Crippen LogP contribution in [-0.2, 0) is 18.9 Å². The minimum atomic E-state index is -1.60. The molecule has 3 aromatic rings. The molecular formula is C27H24O9. The molecule has 1 aliphatic rings. The van der Waals surface area contributed by atoms with Crippen LogP contribution in [0.5, 0.6) is 0 Å². The lowest BCUT2D eigenvalue weighted by Crippen LogP contribution is -2.62. The van der Waals surface area contributed by atoms with Gasteiger partial charge in [-0.15, -0.1) is 0 Å². The molecule has 0 aliphatic carbocycles. The summed E-state index contributed by atoms with van der Waals surface area (Å²) in [7, 11) is 0. The van der Waals surface area contributed by atoms with Crippen LogP contribution in [0.1, 0.15) is 31.1 Å². The lowest BCUT2D eigenvalue weighted by atomic mass is 9.98. The van der Waals surface area contributed by atoms with Crippen molar-refractivity contribution in [2.75, 3.05) is 6.61 Å². The third kappa shape index (κ3) is 5.77. The van der Waals surface area contributed by atoms with Crippen molar-refractivity contribution in [2.45, 2.75) is 30.7 Å². The summed E-state index contributed by atoms with van der Waals surface area (Å²) in [6.07, 6.45) is -7.55. The fourth-order valence-electron chi connectivity index (χ4n) is 3.68. The molecule has 0 spiro atoms. The van der Waals surface area contributed by atoms with E-state index in [0.717, 1.165) is 0 Å². The standard InChI is InChI=1S/C27H24O9/c28-16-20-21(29)22(34-24(30)17-10-4-1-5-11-17)23(35-25(31)18-12-6-2-7-13-18)27(33-20)36-26(32)19-14-8-3-9-15-19/h1-15,20-23,27-29H,16H2/t20-,21-,22+,23-,27?/m1/s1. The van der Waals surface area contributed by atoms with Crippen molar-refractivity contribution < 1.29 is 43.5 Å². The van der Waals surface area contributed by atoms with Gasteiger partial charge >= 0.3 is 17.9 Å². The Labute approximate surface area is 206 Å². The fourth-order valence-corrected chi connectivity index (χ4v) is 3.68. The molecule has 5 atom stereocenters. The first-order chi connectivity index (χ1) is 17.5. The van der Waals surface area contributed by atoms with Crippen molar-refractivity contribution in [3.8, 4) is 0 Å². The Balaban J connectivity index is 1.65. The van der Waals surface area contributed by atoms with Crippen LogP contribution in [0.2, 0.25) is 0 Å². The smallest absolute Gasteiger partial charge is 0.340 e. The molecule has 0 bridgehead atoms. The van der Waals surface area contributed by atoms with E-state index in [-0.39, 0.29) is 16.7 Å². The summed E-state index contributed by atoms with van der Waals surface area (Å²) in [6.45, 7) is -0.681. The molecule has 2 N–H and O–H groups in total. The second-order valence-electron chi connectivity index (χ2n) is 7.96. The third-order valence-electron chi connectivity index (χ3n) is 5.54. The van der Waals surface area contributed by atoms with Gasteiger partial charge in [-0.1, -0.05) is 54.6 Å². The number of hydrogen-bond donors (Lipinski definition) is 2. The molecule has 0 aromatic heterocycles. The van der Waals surface area contributed by atoms with E-state index in [0.29, 0.717) is 0 Å². The van der Waals surface area contributed by atoms with Crippen LogP contribution >= 0.6 is 0 Å². The van der Waals surface area contributed by atoms with Crippen molar-refractivity contribution in [3.63, 3.8) is 0 Å². The largest absolute Gasteiger partial charge is 0.452 e. The summed E-state index contributed by atoms with van der Waals surface area (Å²) < 4.78 is 22.2. The van der Waals surface area contributed by atoms with E-state index in [4.69, 9.17) is 18.9 Å². The number of carbonyl (C=O) groups is 3. The summed E-state index contributed by atoms with van der Waals surface area (Å²) in [5, 5.41) is 20.6. The van der Waals surface area contributed by atoms with Crippen LogP contribution < -0.4 is 0 Å². The minimum Gasteiger partial charge on any atom is -0.452 e. The van der Waals surface area contributed by atoms with E-state index in [1.54, 1.807) is 54.6 Å². The molecule has 1 saturated heterocycles. The molecule has 3 aromatic carbocycles. The van der Waals surface area contributed by atoms with Gasteiger partial charge in [-0.25, -0.2) is 14.4 Å². The summed E-state index contributed by atoms with van der Waals surface area (Å²) in [5.74, 6) is -2.44. The summed E-state index contributed by atoms with van der Waals surface area (Å²) in [5.41, 5.74) is 0.555. The Morgan fingerprint density at radius 3 is 1.44 bits per heavy atom. The van der Waals surface area contributed by atoms with Crippen LogP contribution in [0.15, 0.2) is 91.0 Å². The van der Waals surface area contributed by atoms with Crippen molar-refractivity contribution in [1.29, 1.82) is 0 Å². The van der Waals surface area contributed by atoms with Gasteiger partial charge in [0.1, 0.15) is 12.2 Å². The van der Waals surface area contributed by atoms with Crippen LogP contribution in [0, 0.1) is 0 Å².